The number of hydrogen-bond donors (Lipinski definition) is 1. The highest BCUT2D eigenvalue weighted by Gasteiger charge is 2.47. The maximum atomic E-state index is 18.0. The van der Waals surface area contributed by atoms with Crippen LogP contribution >= 0.6 is 0 Å². The highest BCUT2D eigenvalue weighted by molar-refractivity contribution is 6.90. The van der Waals surface area contributed by atoms with E-state index in [9.17, 15) is 5.11 Å². The number of likely N-dealkylation sites (tertiary alicyclic amines) is 1. The van der Waals surface area contributed by atoms with E-state index in [0.29, 0.717) is 87.3 Å². The van der Waals surface area contributed by atoms with Crippen LogP contribution in [0, 0.1) is 23.1 Å². The molecule has 0 radical (unpaired) electrons. The number of nitrogens with zero attached hydrogens (tertiary/aromatic N) is 4. The number of ether oxygens (including phenoxy) is 1. The van der Waals surface area contributed by atoms with E-state index in [-0.39, 0.29) is 28.2 Å². The molecule has 1 unspecified atom stereocenters. The van der Waals surface area contributed by atoms with Crippen LogP contribution in [-0.2, 0) is 0 Å². The Morgan fingerprint density at radius 1 is 0.790 bits per heavy atom. The van der Waals surface area contributed by atoms with Crippen molar-refractivity contribution < 1.29 is 23.1 Å². The van der Waals surface area contributed by atoms with Gasteiger partial charge in [0.05, 0.1) is 16.7 Å². The third-order valence-corrected chi connectivity index (χ3v) is 27.3. The topological polar surface area (TPSA) is 71.0 Å². The van der Waals surface area contributed by atoms with Crippen LogP contribution in [0.2, 0.25) is 33.2 Å². The number of rotatable bonds is 13. The van der Waals surface area contributed by atoms with Crippen molar-refractivity contribution >= 4 is 43.9 Å². The lowest BCUT2D eigenvalue weighted by atomic mass is 9.92. The molecule has 4 aromatic rings. The first kappa shape index (κ1) is 47.9. The molecule has 2 fully saturated rings. The van der Waals surface area contributed by atoms with Crippen molar-refractivity contribution in [3.8, 4) is 34.4 Å². The van der Waals surface area contributed by atoms with Crippen LogP contribution in [-0.4, -0.2) is 80.8 Å². The van der Waals surface area contributed by atoms with Crippen LogP contribution in [0.1, 0.15) is 128 Å². The molecule has 62 heavy (non-hydrogen) atoms. The maximum absolute atomic E-state index is 18.0. The average molecular weight is 885 g/mol. The number of fused-ring (bicyclic) bond motifs is 2. The minimum absolute atomic E-state index is 0.0915. The lowest BCUT2D eigenvalue weighted by Gasteiger charge is -2.42. The third kappa shape index (κ3) is 8.79. The molecule has 0 spiro atoms. The Morgan fingerprint density at radius 2 is 1.42 bits per heavy atom. The van der Waals surface area contributed by atoms with Crippen molar-refractivity contribution in [2.75, 3.05) is 38.2 Å². The Morgan fingerprint density at radius 3 is 1.98 bits per heavy atom. The van der Waals surface area contributed by atoms with Crippen LogP contribution in [0.15, 0.2) is 36.4 Å². The number of β-amino-alcohol motifs (C(OH)–C–C–N with tert-alkyl or cyclic N) is 1. The smallest absolute Gasteiger partial charge is 0.319 e. The summed E-state index contributed by atoms with van der Waals surface area (Å²) < 4.78 is 48.4. The zero-order chi connectivity index (χ0) is 45.7. The molecule has 0 bridgehead atoms. The summed E-state index contributed by atoms with van der Waals surface area (Å²) in [6, 6.07) is 10.9. The summed E-state index contributed by atoms with van der Waals surface area (Å²) in [6.45, 7) is 33.3. The maximum Gasteiger partial charge on any atom is 0.319 e. The molecule has 1 N–H and O–H groups in total. The number of benzene rings is 3. The lowest BCUT2D eigenvalue weighted by Crippen LogP contribution is -2.50. The van der Waals surface area contributed by atoms with Gasteiger partial charge in [0.25, 0.3) is 8.32 Å². The van der Waals surface area contributed by atoms with Gasteiger partial charge in [0.15, 0.2) is 5.82 Å². The number of aromatic nitrogens is 2. The predicted octanol–water partition coefficient (Wildman–Crippen LogP) is 13.1. The van der Waals surface area contributed by atoms with Crippen LogP contribution in [0.5, 0.6) is 11.8 Å². The fourth-order valence-electron chi connectivity index (χ4n) is 11.6. The molecular formula is C51H74F2N4O3Si2. The Hall–Kier alpha value is -3.57. The summed E-state index contributed by atoms with van der Waals surface area (Å²) in [5.41, 5.74) is 5.72. The molecule has 2 aliphatic heterocycles. The zero-order valence-corrected chi connectivity index (χ0v) is 42.4. The minimum Gasteiger partial charge on any atom is -0.543 e. The summed E-state index contributed by atoms with van der Waals surface area (Å²) in [4.78, 5) is 14.1. The van der Waals surface area contributed by atoms with Gasteiger partial charge in [-0.1, -0.05) is 101 Å². The monoisotopic (exact) mass is 885 g/mol. The standard InChI is InChI=1S/C51H74F2N4O3Si2/c1-32(2)61(33(3)4,34(5)6)27-22-41-44(52)21-18-38-28-39(60-62(35(7)8,36(9)10)37(11)12)29-43(45(38)41)40-19-20-42-47(46(40)53)54-49(59-31-50(13)23-16-25-56(50)15)55-48(42)57-26-17-24-51(14,58)30-57/h18-21,28-29,32-37,58H,16-17,23-26,30-31H2,1-15H3/t50-,51?/m1/s1. The second-order valence-electron chi connectivity index (χ2n) is 21.0. The van der Waals surface area contributed by atoms with Gasteiger partial charge in [0, 0.05) is 29.4 Å². The molecule has 11 heteroatoms. The molecule has 0 saturated carbocycles. The number of halogens is 2. The van der Waals surface area contributed by atoms with E-state index in [1.54, 1.807) is 12.1 Å². The van der Waals surface area contributed by atoms with Gasteiger partial charge >= 0.3 is 6.01 Å². The molecule has 3 aromatic carbocycles. The van der Waals surface area contributed by atoms with E-state index in [0.717, 1.165) is 31.2 Å². The van der Waals surface area contributed by atoms with Crippen molar-refractivity contribution in [2.45, 2.75) is 167 Å². The Bertz CT molecular complexity index is 2290. The summed E-state index contributed by atoms with van der Waals surface area (Å²) in [5.74, 6) is 3.64. The van der Waals surface area contributed by atoms with Crippen molar-refractivity contribution in [1.29, 1.82) is 0 Å². The van der Waals surface area contributed by atoms with E-state index in [2.05, 4.69) is 113 Å². The van der Waals surface area contributed by atoms with E-state index in [1.807, 2.05) is 30.0 Å². The molecule has 0 aliphatic carbocycles. The van der Waals surface area contributed by atoms with Crippen molar-refractivity contribution in [3.05, 3.63) is 53.6 Å². The van der Waals surface area contributed by atoms with E-state index < -0.39 is 33.6 Å². The second kappa shape index (κ2) is 18.1. The highest BCUT2D eigenvalue weighted by atomic mass is 28.4. The van der Waals surface area contributed by atoms with Crippen LogP contribution in [0.4, 0.5) is 14.6 Å². The van der Waals surface area contributed by atoms with Gasteiger partial charge in [0.2, 0.25) is 0 Å². The first-order valence-electron chi connectivity index (χ1n) is 23.3. The molecular weight excluding hydrogens is 811 g/mol. The number of likely N-dealkylation sites (N-methyl/N-ethyl adjacent to an activating group) is 1. The largest absolute Gasteiger partial charge is 0.543 e. The van der Waals surface area contributed by atoms with Crippen molar-refractivity contribution in [2.24, 2.45) is 0 Å². The summed E-state index contributed by atoms with van der Waals surface area (Å²) in [5, 5.41) is 13.0. The van der Waals surface area contributed by atoms with Gasteiger partial charge in [-0.15, -0.1) is 5.54 Å². The zero-order valence-electron chi connectivity index (χ0n) is 40.4. The van der Waals surface area contributed by atoms with E-state index in [4.69, 9.17) is 19.1 Å². The molecule has 338 valence electrons. The second-order valence-corrected chi connectivity index (χ2v) is 32.0. The minimum atomic E-state index is -2.47. The average Bonchev–Trinajstić information content (AvgIpc) is 3.52. The quantitative estimate of drug-likeness (QED) is 0.106. The molecule has 7 nitrogen and oxygen atoms in total. The Balaban J connectivity index is 1.66. The van der Waals surface area contributed by atoms with Gasteiger partial charge in [-0.25, -0.2) is 8.78 Å². The van der Waals surface area contributed by atoms with Crippen molar-refractivity contribution in [3.63, 3.8) is 0 Å². The van der Waals surface area contributed by atoms with Crippen LogP contribution in [0.25, 0.3) is 32.8 Å². The molecule has 2 atom stereocenters. The number of anilines is 1. The molecule has 2 aliphatic rings. The summed E-state index contributed by atoms with van der Waals surface area (Å²) in [6.07, 6.45) is 3.45. The van der Waals surface area contributed by atoms with Gasteiger partial charge in [-0.2, -0.15) is 9.97 Å². The summed E-state index contributed by atoms with van der Waals surface area (Å²) >= 11 is 0. The predicted molar refractivity (Wildman–Crippen MR) is 260 cm³/mol. The molecule has 1 aromatic heterocycles. The molecule has 0 amide bonds. The number of piperidine rings is 1. The normalized spacial score (nSPS) is 20.5. The van der Waals surface area contributed by atoms with Crippen LogP contribution < -0.4 is 14.1 Å². The van der Waals surface area contributed by atoms with Crippen molar-refractivity contribution in [1.82, 2.24) is 14.9 Å². The van der Waals surface area contributed by atoms with Gasteiger partial charge in [0.1, 0.15) is 37.6 Å². The Labute approximate surface area is 373 Å². The summed E-state index contributed by atoms with van der Waals surface area (Å²) in [7, 11) is -2.67. The highest BCUT2D eigenvalue weighted by Crippen LogP contribution is 2.47. The first-order valence-corrected chi connectivity index (χ1v) is 27.7. The SMILES string of the molecule is CC(C)[Si](C#Cc1c(F)ccc2cc(O[Si](C(C)C)(C(C)C)C(C)C)cc(-c3ccc4c(N5CCCC(C)(O)C5)nc(OC[C@@]5(C)CCCN5C)nc4c3F)c12)(C(C)C)C(C)C. The van der Waals surface area contributed by atoms with E-state index in [1.165, 1.54) is 6.07 Å². The molecule has 2 saturated heterocycles. The molecule has 3 heterocycles. The first-order chi connectivity index (χ1) is 29.0. The van der Waals surface area contributed by atoms with Crippen LogP contribution in [0.3, 0.4) is 0 Å². The Kier molecular flexibility index (Phi) is 14.0. The van der Waals surface area contributed by atoms with Gasteiger partial charge in [-0.05, 0) is 122 Å². The van der Waals surface area contributed by atoms with Gasteiger partial charge in [-0.3, -0.25) is 4.90 Å². The number of aliphatic hydroxyl groups is 1. The number of hydrogen-bond acceptors (Lipinski definition) is 7. The lowest BCUT2D eigenvalue weighted by molar-refractivity contribution is 0.0447. The van der Waals surface area contributed by atoms with E-state index >= 15 is 8.78 Å². The van der Waals surface area contributed by atoms with Gasteiger partial charge < -0.3 is 19.2 Å². The fourth-order valence-corrected chi connectivity index (χ4v) is 22.0. The molecule has 6 rings (SSSR count). The third-order valence-electron chi connectivity index (χ3n) is 15.0. The fraction of sp³-hybridized carbons (Fsp3) is 0.608.